The summed E-state index contributed by atoms with van der Waals surface area (Å²) in [6.07, 6.45) is -2.50. The highest BCUT2D eigenvalue weighted by Gasteiger charge is 2.36. The van der Waals surface area contributed by atoms with Crippen LogP contribution < -0.4 is 0 Å². The molecule has 0 spiro atoms. The summed E-state index contributed by atoms with van der Waals surface area (Å²) >= 11 is 0. The summed E-state index contributed by atoms with van der Waals surface area (Å²) in [5.41, 5.74) is -1.09. The zero-order valence-corrected chi connectivity index (χ0v) is 7.69. The van der Waals surface area contributed by atoms with Crippen molar-refractivity contribution in [1.82, 2.24) is 9.55 Å². The van der Waals surface area contributed by atoms with E-state index in [1.54, 1.807) is 0 Å². The molecule has 0 aliphatic heterocycles. The van der Waals surface area contributed by atoms with Gasteiger partial charge in [0.2, 0.25) is 0 Å². The molecular weight excluding hydrogens is 225 g/mol. The predicted molar refractivity (Wildman–Crippen MR) is 48.0 cm³/mol. The largest absolute Gasteiger partial charge is 0.489 e. The van der Waals surface area contributed by atoms with E-state index in [1.165, 1.54) is 12.3 Å². The number of hydrogen-bond donors (Lipinski definition) is 1. The molecule has 84 valence electrons. The quantitative estimate of drug-likeness (QED) is 0.817. The average molecular weight is 230 g/mol. The van der Waals surface area contributed by atoms with Crippen LogP contribution in [0.3, 0.4) is 0 Å². The zero-order chi connectivity index (χ0) is 11.9. The Balaban J connectivity index is 2.85. The van der Waals surface area contributed by atoms with Crippen LogP contribution in [0.15, 0.2) is 24.5 Å². The maximum absolute atomic E-state index is 12.6. The SMILES string of the molecule is O=C(O)c1cc2ccncc2n1C(F)(F)F. The number of fused-ring (bicyclic) bond motifs is 1. The van der Waals surface area contributed by atoms with Crippen LogP contribution in [0, 0.1) is 0 Å². The maximum Gasteiger partial charge on any atom is 0.489 e. The van der Waals surface area contributed by atoms with Gasteiger partial charge in [0.1, 0.15) is 5.69 Å². The number of halogens is 3. The van der Waals surface area contributed by atoms with Crippen LogP contribution in [0.4, 0.5) is 13.2 Å². The number of rotatable bonds is 1. The fraction of sp³-hybridized carbons (Fsp3) is 0.111. The topological polar surface area (TPSA) is 55.1 Å². The molecule has 0 aliphatic carbocycles. The first-order valence-electron chi connectivity index (χ1n) is 4.17. The van der Waals surface area contributed by atoms with Crippen molar-refractivity contribution in [2.24, 2.45) is 0 Å². The number of alkyl halides is 3. The minimum Gasteiger partial charge on any atom is -0.477 e. The summed E-state index contributed by atoms with van der Waals surface area (Å²) in [4.78, 5) is 14.2. The monoisotopic (exact) mass is 230 g/mol. The van der Waals surface area contributed by atoms with Crippen molar-refractivity contribution in [3.05, 3.63) is 30.2 Å². The van der Waals surface area contributed by atoms with E-state index in [0.29, 0.717) is 0 Å². The molecule has 0 fully saturated rings. The Kier molecular flexibility index (Phi) is 2.11. The molecule has 7 heteroatoms. The lowest BCUT2D eigenvalue weighted by molar-refractivity contribution is -0.201. The minimum atomic E-state index is -4.78. The molecular formula is C9H5F3N2O2. The van der Waals surface area contributed by atoms with Crippen molar-refractivity contribution in [2.45, 2.75) is 6.30 Å². The number of carboxylic acids is 1. The van der Waals surface area contributed by atoms with Crippen LogP contribution in [0.5, 0.6) is 0 Å². The van der Waals surface area contributed by atoms with E-state index in [2.05, 4.69) is 4.98 Å². The molecule has 0 aromatic carbocycles. The summed E-state index contributed by atoms with van der Waals surface area (Å²) in [7, 11) is 0. The van der Waals surface area contributed by atoms with E-state index in [9.17, 15) is 18.0 Å². The van der Waals surface area contributed by atoms with E-state index in [4.69, 9.17) is 5.11 Å². The highest BCUT2D eigenvalue weighted by molar-refractivity contribution is 5.94. The lowest BCUT2D eigenvalue weighted by atomic mass is 10.3. The first kappa shape index (κ1) is 10.5. The van der Waals surface area contributed by atoms with Crippen molar-refractivity contribution >= 4 is 16.9 Å². The second kappa shape index (κ2) is 3.22. The highest BCUT2D eigenvalue weighted by Crippen LogP contribution is 2.31. The molecule has 0 atom stereocenters. The van der Waals surface area contributed by atoms with E-state index >= 15 is 0 Å². The molecule has 0 amide bonds. The molecule has 0 unspecified atom stereocenters. The third kappa shape index (κ3) is 1.50. The lowest BCUT2D eigenvalue weighted by Gasteiger charge is -2.11. The Morgan fingerprint density at radius 2 is 2.12 bits per heavy atom. The van der Waals surface area contributed by atoms with Crippen molar-refractivity contribution in [2.75, 3.05) is 0 Å². The smallest absolute Gasteiger partial charge is 0.477 e. The first-order chi connectivity index (χ1) is 7.41. The molecule has 0 saturated carbocycles. The molecule has 2 aromatic rings. The number of pyridine rings is 1. The van der Waals surface area contributed by atoms with Gasteiger partial charge in [0.05, 0.1) is 11.7 Å². The number of nitrogens with zero attached hydrogens (tertiary/aromatic N) is 2. The van der Waals surface area contributed by atoms with E-state index in [1.807, 2.05) is 0 Å². The maximum atomic E-state index is 12.6. The Labute approximate surface area is 86.9 Å². The summed E-state index contributed by atoms with van der Waals surface area (Å²) in [5, 5.41) is 8.87. The van der Waals surface area contributed by atoms with Gasteiger partial charge >= 0.3 is 12.3 Å². The fourth-order valence-electron chi connectivity index (χ4n) is 1.48. The number of aromatic carboxylic acids is 1. The average Bonchev–Trinajstić information content (AvgIpc) is 2.55. The van der Waals surface area contributed by atoms with Gasteiger partial charge in [-0.1, -0.05) is 0 Å². The van der Waals surface area contributed by atoms with Crippen molar-refractivity contribution in [3.63, 3.8) is 0 Å². The van der Waals surface area contributed by atoms with Gasteiger partial charge in [-0.2, -0.15) is 0 Å². The summed E-state index contributed by atoms with van der Waals surface area (Å²) in [6, 6.07) is 2.29. The Morgan fingerprint density at radius 3 is 2.69 bits per heavy atom. The van der Waals surface area contributed by atoms with Gasteiger partial charge in [-0.15, -0.1) is 13.2 Å². The standard InChI is InChI=1S/C9H5F3N2O2/c10-9(11,12)14-6(8(15)16)3-5-1-2-13-4-7(5)14/h1-4H,(H,15,16). The van der Waals surface area contributed by atoms with Crippen LogP contribution in [-0.2, 0) is 6.30 Å². The number of aromatic nitrogens is 2. The van der Waals surface area contributed by atoms with Crippen molar-refractivity contribution in [1.29, 1.82) is 0 Å². The highest BCUT2D eigenvalue weighted by atomic mass is 19.4. The van der Waals surface area contributed by atoms with Crippen LogP contribution in [-0.4, -0.2) is 20.6 Å². The summed E-state index contributed by atoms with van der Waals surface area (Å²) in [5.74, 6) is -1.63. The van der Waals surface area contributed by atoms with Gasteiger partial charge in [-0.25, -0.2) is 9.36 Å². The third-order valence-corrected chi connectivity index (χ3v) is 2.08. The molecule has 0 saturated heterocycles. The van der Waals surface area contributed by atoms with Crippen LogP contribution in [0.2, 0.25) is 0 Å². The Bertz CT molecular complexity index is 559. The van der Waals surface area contributed by atoms with Crippen molar-refractivity contribution < 1.29 is 23.1 Å². The molecule has 2 aromatic heterocycles. The van der Waals surface area contributed by atoms with E-state index < -0.39 is 18.0 Å². The summed E-state index contributed by atoms with van der Waals surface area (Å²) < 4.78 is 37.7. The molecule has 0 bridgehead atoms. The van der Waals surface area contributed by atoms with Gasteiger partial charge in [0.15, 0.2) is 0 Å². The lowest BCUT2D eigenvalue weighted by Crippen LogP contribution is -2.21. The molecule has 0 radical (unpaired) electrons. The van der Waals surface area contributed by atoms with Gasteiger partial charge < -0.3 is 5.11 Å². The normalized spacial score (nSPS) is 11.9. The first-order valence-corrected chi connectivity index (χ1v) is 4.17. The third-order valence-electron chi connectivity index (χ3n) is 2.08. The fourth-order valence-corrected chi connectivity index (χ4v) is 1.48. The molecule has 0 aliphatic rings. The Hall–Kier alpha value is -2.05. The number of carboxylic acid groups (broad SMARTS) is 1. The second-order valence-corrected chi connectivity index (χ2v) is 3.07. The second-order valence-electron chi connectivity index (χ2n) is 3.07. The van der Waals surface area contributed by atoms with Gasteiger partial charge in [-0.05, 0) is 12.1 Å². The van der Waals surface area contributed by atoms with E-state index in [-0.39, 0.29) is 15.5 Å². The van der Waals surface area contributed by atoms with Crippen LogP contribution in [0.1, 0.15) is 10.5 Å². The van der Waals surface area contributed by atoms with Gasteiger partial charge in [0, 0.05) is 11.6 Å². The van der Waals surface area contributed by atoms with Gasteiger partial charge in [-0.3, -0.25) is 4.98 Å². The molecule has 2 rings (SSSR count). The van der Waals surface area contributed by atoms with Gasteiger partial charge in [0.25, 0.3) is 0 Å². The van der Waals surface area contributed by atoms with E-state index in [0.717, 1.165) is 12.3 Å². The predicted octanol–water partition coefficient (Wildman–Crippen LogP) is 2.21. The molecule has 4 nitrogen and oxygen atoms in total. The zero-order valence-electron chi connectivity index (χ0n) is 7.69. The number of carbonyl (C=O) groups is 1. The Morgan fingerprint density at radius 1 is 1.44 bits per heavy atom. The molecule has 1 N–H and O–H groups in total. The molecule has 16 heavy (non-hydrogen) atoms. The number of hydrogen-bond acceptors (Lipinski definition) is 2. The summed E-state index contributed by atoms with van der Waals surface area (Å²) in [6.45, 7) is 0. The van der Waals surface area contributed by atoms with Crippen LogP contribution in [0.25, 0.3) is 10.9 Å². The minimum absolute atomic E-state index is 0.185. The van der Waals surface area contributed by atoms with Crippen molar-refractivity contribution in [3.8, 4) is 0 Å². The molecule has 2 heterocycles. The van der Waals surface area contributed by atoms with Crippen LogP contribution >= 0.6 is 0 Å².